The summed E-state index contributed by atoms with van der Waals surface area (Å²) in [7, 11) is 0. The fourth-order valence-electron chi connectivity index (χ4n) is 2.11. The van der Waals surface area contributed by atoms with Gasteiger partial charge in [0, 0.05) is 12.3 Å². The zero-order chi connectivity index (χ0) is 12.4. The molecular weight excluding hydrogens is 221 g/mol. The lowest BCUT2D eigenvalue weighted by Crippen LogP contribution is -2.41. The molecule has 0 spiro atoms. The van der Waals surface area contributed by atoms with Gasteiger partial charge >= 0.3 is 0 Å². The van der Waals surface area contributed by atoms with Gasteiger partial charge in [-0.05, 0) is 31.8 Å². The van der Waals surface area contributed by atoms with E-state index in [0.717, 1.165) is 18.9 Å². The van der Waals surface area contributed by atoms with Crippen LogP contribution in [0.25, 0.3) is 0 Å². The third-order valence-corrected chi connectivity index (χ3v) is 3.10. The first-order valence-corrected chi connectivity index (χ1v) is 5.73. The lowest BCUT2D eigenvalue weighted by Gasteiger charge is -2.13. The van der Waals surface area contributed by atoms with Gasteiger partial charge < -0.3 is 10.6 Å². The van der Waals surface area contributed by atoms with Crippen molar-refractivity contribution in [2.75, 3.05) is 0 Å². The van der Waals surface area contributed by atoms with Crippen LogP contribution >= 0.6 is 0 Å². The molecule has 1 aliphatic carbocycles. The van der Waals surface area contributed by atoms with Crippen LogP contribution < -0.4 is 10.6 Å². The van der Waals surface area contributed by atoms with Crippen molar-refractivity contribution in [2.45, 2.75) is 31.8 Å². The van der Waals surface area contributed by atoms with Gasteiger partial charge in [0.2, 0.25) is 5.91 Å². The van der Waals surface area contributed by atoms with Crippen LogP contribution in [0.4, 0.5) is 4.39 Å². The number of allylic oxidation sites excluding steroid dienone is 2. The van der Waals surface area contributed by atoms with Crippen LogP contribution in [0.1, 0.15) is 19.8 Å². The highest BCUT2D eigenvalue weighted by Gasteiger charge is 2.47. The number of carbonyl (C=O) groups excluding carboxylic acids is 1. The number of hydrogen-bond acceptors (Lipinski definition) is 3. The normalized spacial score (nSPS) is 32.0. The average molecular weight is 237 g/mol. The molecule has 0 aromatic heterocycles. The molecule has 1 saturated carbocycles. The molecule has 3 unspecified atom stereocenters. The molecule has 2 fully saturated rings. The van der Waals surface area contributed by atoms with E-state index in [9.17, 15) is 9.18 Å². The molecule has 5 heteroatoms. The Morgan fingerprint density at radius 1 is 1.59 bits per heavy atom. The number of rotatable bonds is 4. The van der Waals surface area contributed by atoms with Crippen LogP contribution in [0.5, 0.6) is 0 Å². The Bertz CT molecular complexity index is 393. The number of piperidine rings is 1. The zero-order valence-corrected chi connectivity index (χ0v) is 9.74. The second-order valence-electron chi connectivity index (χ2n) is 4.33. The van der Waals surface area contributed by atoms with Gasteiger partial charge in [0.15, 0.2) is 11.6 Å². The van der Waals surface area contributed by atoms with Gasteiger partial charge in [-0.1, -0.05) is 6.58 Å². The van der Waals surface area contributed by atoms with Gasteiger partial charge in [-0.15, -0.1) is 0 Å². The Kier molecular flexibility index (Phi) is 3.38. The molecule has 92 valence electrons. The van der Waals surface area contributed by atoms with Crippen LogP contribution in [0, 0.1) is 5.92 Å². The molecule has 3 atom stereocenters. The summed E-state index contributed by atoms with van der Waals surface area (Å²) < 4.78 is 13.3. The Morgan fingerprint density at radius 2 is 2.35 bits per heavy atom. The van der Waals surface area contributed by atoms with Crippen molar-refractivity contribution >= 4 is 12.1 Å². The highest BCUT2D eigenvalue weighted by atomic mass is 19.1. The molecule has 2 rings (SSSR count). The molecule has 0 aromatic carbocycles. The summed E-state index contributed by atoms with van der Waals surface area (Å²) >= 11 is 0. The van der Waals surface area contributed by atoms with Crippen LogP contribution in [0.3, 0.4) is 0 Å². The van der Waals surface area contributed by atoms with Crippen LogP contribution in [-0.2, 0) is 4.79 Å². The molecule has 17 heavy (non-hydrogen) atoms. The van der Waals surface area contributed by atoms with Gasteiger partial charge in [-0.3, -0.25) is 4.79 Å². The number of hydrogen-bond donors (Lipinski definition) is 2. The van der Waals surface area contributed by atoms with Gasteiger partial charge in [-0.2, -0.15) is 0 Å². The van der Waals surface area contributed by atoms with Crippen LogP contribution in [0.2, 0.25) is 0 Å². The maximum atomic E-state index is 13.3. The summed E-state index contributed by atoms with van der Waals surface area (Å²) in [5, 5.41) is 5.68. The molecule has 2 aliphatic rings. The molecule has 1 aliphatic heterocycles. The van der Waals surface area contributed by atoms with E-state index in [1.165, 1.54) is 6.21 Å². The van der Waals surface area contributed by atoms with E-state index in [2.05, 4.69) is 22.2 Å². The Balaban J connectivity index is 1.98. The molecule has 2 N–H and O–H groups in total. The van der Waals surface area contributed by atoms with E-state index < -0.39 is 5.83 Å². The fourth-order valence-corrected chi connectivity index (χ4v) is 2.11. The van der Waals surface area contributed by atoms with Crippen molar-refractivity contribution in [3.05, 3.63) is 24.3 Å². The van der Waals surface area contributed by atoms with Crippen LogP contribution in [0.15, 0.2) is 29.3 Å². The minimum absolute atomic E-state index is 0.0742. The maximum Gasteiger partial charge on any atom is 0.242 e. The van der Waals surface area contributed by atoms with E-state index in [0.29, 0.717) is 12.0 Å². The zero-order valence-electron chi connectivity index (χ0n) is 9.74. The Morgan fingerprint density at radius 3 is 2.88 bits per heavy atom. The lowest BCUT2D eigenvalue weighted by molar-refractivity contribution is -0.122. The SMILES string of the molecule is C=C/C(F)=C(\N=CC)NC(=O)C1CC2CC2N1. The van der Waals surface area contributed by atoms with Gasteiger partial charge in [-0.25, -0.2) is 9.38 Å². The first-order valence-electron chi connectivity index (χ1n) is 5.73. The summed E-state index contributed by atoms with van der Waals surface area (Å²) in [6, 6.07) is 0.260. The monoisotopic (exact) mass is 237 g/mol. The van der Waals surface area contributed by atoms with E-state index >= 15 is 0 Å². The molecule has 4 nitrogen and oxygen atoms in total. The second kappa shape index (κ2) is 4.79. The molecule has 0 radical (unpaired) electrons. The highest BCUT2D eigenvalue weighted by Crippen LogP contribution is 2.40. The van der Waals surface area contributed by atoms with Crippen molar-refractivity contribution < 1.29 is 9.18 Å². The molecule has 0 aromatic rings. The molecule has 1 saturated heterocycles. The molecule has 1 amide bonds. The van der Waals surface area contributed by atoms with Crippen molar-refractivity contribution in [3.63, 3.8) is 0 Å². The number of amides is 1. The number of fused-ring (bicyclic) bond motifs is 1. The van der Waals surface area contributed by atoms with Crippen molar-refractivity contribution in [1.29, 1.82) is 0 Å². The number of aliphatic imine (C=N–C) groups is 1. The number of nitrogens with zero attached hydrogens (tertiary/aromatic N) is 1. The predicted octanol–water partition coefficient (Wildman–Crippen LogP) is 1.27. The lowest BCUT2D eigenvalue weighted by atomic mass is 10.2. The highest BCUT2D eigenvalue weighted by molar-refractivity contribution is 5.84. The third-order valence-electron chi connectivity index (χ3n) is 3.10. The van der Waals surface area contributed by atoms with Crippen LogP contribution in [-0.4, -0.2) is 24.2 Å². The summed E-state index contributed by atoms with van der Waals surface area (Å²) in [5.74, 6) is -0.304. The van der Waals surface area contributed by atoms with E-state index in [4.69, 9.17) is 0 Å². The molecule has 0 bridgehead atoms. The number of carbonyl (C=O) groups is 1. The average Bonchev–Trinajstić information content (AvgIpc) is 2.94. The van der Waals surface area contributed by atoms with Crippen molar-refractivity contribution in [1.82, 2.24) is 10.6 Å². The Hall–Kier alpha value is -1.49. The molecule has 1 heterocycles. The van der Waals surface area contributed by atoms with Crippen molar-refractivity contribution in [3.8, 4) is 0 Å². The van der Waals surface area contributed by atoms with E-state index in [1.807, 2.05) is 0 Å². The number of nitrogens with one attached hydrogen (secondary N) is 2. The van der Waals surface area contributed by atoms with Gasteiger partial charge in [0.1, 0.15) is 0 Å². The predicted molar refractivity (Wildman–Crippen MR) is 64.1 cm³/mol. The summed E-state index contributed by atoms with van der Waals surface area (Å²) in [4.78, 5) is 15.6. The minimum Gasteiger partial charge on any atom is -0.307 e. The summed E-state index contributed by atoms with van der Waals surface area (Å²) in [5.41, 5.74) is 0. The summed E-state index contributed by atoms with van der Waals surface area (Å²) in [6.07, 6.45) is 4.44. The Labute approximate surface area is 99.7 Å². The second-order valence-corrected chi connectivity index (χ2v) is 4.33. The standard InChI is InChI=1S/C12H16FN3O/c1-3-8(13)11(14-4-2)16-12(17)10-6-7-5-9(7)15-10/h3-4,7,9-10,15H,1,5-6H2,2H3,(H,16,17)/b11-8-,14-4?. The first-order chi connectivity index (χ1) is 8.15. The van der Waals surface area contributed by atoms with Gasteiger partial charge in [0.05, 0.1) is 6.04 Å². The smallest absolute Gasteiger partial charge is 0.242 e. The van der Waals surface area contributed by atoms with E-state index in [1.54, 1.807) is 6.92 Å². The fraction of sp³-hybridized carbons (Fsp3) is 0.500. The number of halogens is 1. The van der Waals surface area contributed by atoms with Gasteiger partial charge in [0.25, 0.3) is 0 Å². The first kappa shape index (κ1) is 12.0. The molecular formula is C12H16FN3O. The summed E-state index contributed by atoms with van der Waals surface area (Å²) in [6.45, 7) is 4.97. The quantitative estimate of drug-likeness (QED) is 0.571. The largest absolute Gasteiger partial charge is 0.307 e. The third kappa shape index (κ3) is 2.61. The van der Waals surface area contributed by atoms with E-state index in [-0.39, 0.29) is 17.8 Å². The van der Waals surface area contributed by atoms with Crippen molar-refractivity contribution in [2.24, 2.45) is 10.9 Å². The topological polar surface area (TPSA) is 53.5 Å². The minimum atomic E-state index is -0.625. The maximum absolute atomic E-state index is 13.3.